The molecule has 0 saturated heterocycles. The van der Waals surface area contributed by atoms with Crippen molar-refractivity contribution in [3.63, 3.8) is 0 Å². The Kier molecular flexibility index (Phi) is 9.44. The van der Waals surface area contributed by atoms with Gasteiger partial charge in [0.1, 0.15) is 19.2 Å². The minimum atomic E-state index is -0.813. The van der Waals surface area contributed by atoms with Gasteiger partial charge in [0.05, 0.1) is 0 Å². The van der Waals surface area contributed by atoms with E-state index in [1.807, 2.05) is 65.0 Å². The number of ether oxygens (including phenoxy) is 1. The number of hydroxylamine groups is 1. The number of amides is 2. The van der Waals surface area contributed by atoms with E-state index in [2.05, 4.69) is 16.1 Å². The molecular weight excluding hydrogens is 362 g/mol. The molecule has 0 aliphatic carbocycles. The topological polar surface area (TPSA) is 106 Å². The van der Waals surface area contributed by atoms with Crippen molar-refractivity contribution in [1.29, 1.82) is 0 Å². The van der Waals surface area contributed by atoms with Crippen LogP contribution in [0.25, 0.3) is 0 Å². The van der Waals surface area contributed by atoms with Crippen LogP contribution in [0.1, 0.15) is 46.6 Å². The van der Waals surface area contributed by atoms with Crippen LogP contribution in [-0.2, 0) is 25.8 Å². The highest BCUT2D eigenvalue weighted by Gasteiger charge is 2.23. The lowest BCUT2D eigenvalue weighted by molar-refractivity contribution is -0.154. The van der Waals surface area contributed by atoms with Gasteiger partial charge in [-0.3, -0.25) is 4.79 Å². The maximum Gasteiger partial charge on any atom is 0.408 e. The van der Waals surface area contributed by atoms with E-state index in [9.17, 15) is 14.4 Å². The Balaban J connectivity index is 2.50. The van der Waals surface area contributed by atoms with Gasteiger partial charge in [-0.15, -0.1) is 5.48 Å². The molecule has 1 atom stereocenters. The zero-order chi connectivity index (χ0) is 21.2. The molecule has 0 saturated carbocycles. The lowest BCUT2D eigenvalue weighted by Crippen LogP contribution is -2.49. The molecule has 8 heteroatoms. The molecule has 8 nitrogen and oxygen atoms in total. The molecule has 1 aromatic rings. The first kappa shape index (κ1) is 23.4. The van der Waals surface area contributed by atoms with Crippen molar-refractivity contribution in [3.05, 3.63) is 35.9 Å². The first-order chi connectivity index (χ1) is 13.1. The van der Waals surface area contributed by atoms with Gasteiger partial charge in [-0.2, -0.15) is 0 Å². The van der Waals surface area contributed by atoms with Crippen LogP contribution in [0.3, 0.4) is 0 Å². The van der Waals surface area contributed by atoms with Gasteiger partial charge in [-0.25, -0.2) is 9.59 Å². The number of benzene rings is 1. The van der Waals surface area contributed by atoms with Gasteiger partial charge in [0.25, 0.3) is 0 Å². The molecule has 0 aliphatic heterocycles. The Morgan fingerprint density at radius 2 is 1.71 bits per heavy atom. The quantitative estimate of drug-likeness (QED) is 0.556. The molecule has 1 rings (SSSR count). The molecule has 0 aromatic heterocycles. The predicted octanol–water partition coefficient (Wildman–Crippen LogP) is 2.29. The van der Waals surface area contributed by atoms with Crippen LogP contribution < -0.4 is 16.1 Å². The number of hydrogen-bond donors (Lipinski definition) is 3. The van der Waals surface area contributed by atoms with Gasteiger partial charge in [-0.1, -0.05) is 44.2 Å². The summed E-state index contributed by atoms with van der Waals surface area (Å²) in [7, 11) is 0. The third kappa shape index (κ3) is 10.5. The van der Waals surface area contributed by atoms with Crippen LogP contribution >= 0.6 is 0 Å². The summed E-state index contributed by atoms with van der Waals surface area (Å²) >= 11 is 0. The Labute approximate surface area is 166 Å². The molecule has 0 aliphatic rings. The molecule has 0 unspecified atom stereocenters. The molecule has 156 valence electrons. The minimum Gasteiger partial charge on any atom is -0.445 e. The second-order valence-corrected chi connectivity index (χ2v) is 7.93. The zero-order valence-electron chi connectivity index (χ0n) is 17.2. The maximum atomic E-state index is 12.4. The first-order valence-electron chi connectivity index (χ1n) is 9.28. The molecule has 2 amide bonds. The SMILES string of the molecule is CC(C)C[C@H](NC(=O)OCc1ccccc1)C(=O)NCC(=O)ONC(C)(C)C. The second-order valence-electron chi connectivity index (χ2n) is 7.93. The van der Waals surface area contributed by atoms with E-state index in [4.69, 9.17) is 9.57 Å². The lowest BCUT2D eigenvalue weighted by atomic mass is 10.0. The van der Waals surface area contributed by atoms with Crippen molar-refractivity contribution >= 4 is 18.0 Å². The molecule has 0 bridgehead atoms. The molecule has 28 heavy (non-hydrogen) atoms. The predicted molar refractivity (Wildman–Crippen MR) is 105 cm³/mol. The Morgan fingerprint density at radius 3 is 2.29 bits per heavy atom. The van der Waals surface area contributed by atoms with Gasteiger partial charge in [0.15, 0.2) is 0 Å². The van der Waals surface area contributed by atoms with E-state index >= 15 is 0 Å². The van der Waals surface area contributed by atoms with E-state index in [0.29, 0.717) is 6.42 Å². The van der Waals surface area contributed by atoms with Gasteiger partial charge in [-0.05, 0) is 38.7 Å². The van der Waals surface area contributed by atoms with Crippen LogP contribution in [0, 0.1) is 5.92 Å². The standard InChI is InChI=1S/C20H31N3O5/c1-14(2)11-16(18(25)21-12-17(24)28-23-20(3,4)5)22-19(26)27-13-15-9-7-6-8-10-15/h6-10,14,16,23H,11-13H2,1-5H3,(H,21,25)(H,22,26)/t16-/m0/s1. The van der Waals surface area contributed by atoms with Crippen molar-refractivity contribution in [1.82, 2.24) is 16.1 Å². The summed E-state index contributed by atoms with van der Waals surface area (Å²) in [5.74, 6) is -0.948. The summed E-state index contributed by atoms with van der Waals surface area (Å²) in [6.07, 6.45) is -0.289. The fraction of sp³-hybridized carbons (Fsp3) is 0.550. The minimum absolute atomic E-state index is 0.105. The number of rotatable bonds is 9. The van der Waals surface area contributed by atoms with E-state index in [-0.39, 0.29) is 19.1 Å². The molecule has 3 N–H and O–H groups in total. The fourth-order valence-electron chi connectivity index (χ4n) is 2.14. The van der Waals surface area contributed by atoms with Gasteiger partial charge in [0.2, 0.25) is 5.91 Å². The molecule has 0 fully saturated rings. The highest BCUT2D eigenvalue weighted by atomic mass is 16.7. The lowest BCUT2D eigenvalue weighted by Gasteiger charge is -2.21. The summed E-state index contributed by atoms with van der Waals surface area (Å²) in [5, 5.41) is 5.04. The number of hydrogen-bond acceptors (Lipinski definition) is 6. The van der Waals surface area contributed by atoms with Crippen LogP contribution in [0.5, 0.6) is 0 Å². The van der Waals surface area contributed by atoms with Crippen LogP contribution in [0.2, 0.25) is 0 Å². The van der Waals surface area contributed by atoms with Crippen LogP contribution in [0.15, 0.2) is 30.3 Å². The summed E-state index contributed by atoms with van der Waals surface area (Å²) in [6, 6.07) is 8.42. The van der Waals surface area contributed by atoms with Crippen molar-refractivity contribution < 1.29 is 24.0 Å². The summed E-state index contributed by atoms with van der Waals surface area (Å²) < 4.78 is 5.16. The van der Waals surface area contributed by atoms with Crippen LogP contribution in [-0.4, -0.2) is 36.1 Å². The highest BCUT2D eigenvalue weighted by Crippen LogP contribution is 2.06. The van der Waals surface area contributed by atoms with Crippen molar-refractivity contribution in [2.75, 3.05) is 6.54 Å². The van der Waals surface area contributed by atoms with Gasteiger partial charge in [0, 0.05) is 5.54 Å². The summed E-state index contributed by atoms with van der Waals surface area (Å²) in [6.45, 7) is 9.16. The van der Waals surface area contributed by atoms with Crippen LogP contribution in [0.4, 0.5) is 4.79 Å². The van der Waals surface area contributed by atoms with E-state index in [0.717, 1.165) is 5.56 Å². The maximum absolute atomic E-state index is 12.4. The molecule has 0 heterocycles. The molecule has 1 aromatic carbocycles. The number of nitrogens with one attached hydrogen (secondary N) is 3. The number of carbonyl (C=O) groups is 3. The highest BCUT2D eigenvalue weighted by molar-refractivity contribution is 5.88. The summed E-state index contributed by atoms with van der Waals surface area (Å²) in [4.78, 5) is 41.0. The van der Waals surface area contributed by atoms with E-state index in [1.165, 1.54) is 0 Å². The normalized spacial score (nSPS) is 12.2. The first-order valence-corrected chi connectivity index (χ1v) is 9.28. The number of carbonyl (C=O) groups excluding carboxylic acids is 3. The van der Waals surface area contributed by atoms with Gasteiger partial charge < -0.3 is 20.2 Å². The van der Waals surface area contributed by atoms with Crippen molar-refractivity contribution in [2.24, 2.45) is 5.92 Å². The third-order valence-corrected chi connectivity index (χ3v) is 3.41. The summed E-state index contributed by atoms with van der Waals surface area (Å²) in [5.41, 5.74) is 3.03. The Bertz CT molecular complexity index is 641. The Hall–Kier alpha value is -2.61. The average Bonchev–Trinajstić information content (AvgIpc) is 2.62. The smallest absolute Gasteiger partial charge is 0.408 e. The molecule has 0 radical (unpaired) electrons. The average molecular weight is 393 g/mol. The van der Waals surface area contributed by atoms with Gasteiger partial charge >= 0.3 is 12.1 Å². The Morgan fingerprint density at radius 1 is 1.07 bits per heavy atom. The number of alkyl carbamates (subject to hydrolysis) is 1. The molecule has 0 spiro atoms. The fourth-order valence-corrected chi connectivity index (χ4v) is 2.14. The van der Waals surface area contributed by atoms with E-state index < -0.39 is 29.6 Å². The zero-order valence-corrected chi connectivity index (χ0v) is 17.2. The third-order valence-electron chi connectivity index (χ3n) is 3.41. The van der Waals surface area contributed by atoms with E-state index in [1.54, 1.807) is 0 Å². The van der Waals surface area contributed by atoms with Crippen molar-refractivity contribution in [2.45, 2.75) is 59.2 Å². The molecular formula is C20H31N3O5. The largest absolute Gasteiger partial charge is 0.445 e. The van der Waals surface area contributed by atoms with Crippen molar-refractivity contribution in [3.8, 4) is 0 Å². The second kappa shape index (κ2) is 11.3. The monoisotopic (exact) mass is 393 g/mol.